The molecule has 0 aromatic carbocycles. The number of urea groups is 1. The van der Waals surface area contributed by atoms with E-state index in [0.717, 1.165) is 77.4 Å². The molecule has 6 nitrogen and oxygen atoms in total. The number of hydrogen-bond donors (Lipinski definition) is 2. The number of rotatable bonds is 2. The summed E-state index contributed by atoms with van der Waals surface area (Å²) in [4.78, 5) is 29.9. The first kappa shape index (κ1) is 17.8. The fraction of sp³-hybridized carbons (Fsp3) is 0.905. The highest BCUT2D eigenvalue weighted by Gasteiger charge is 2.58. The van der Waals surface area contributed by atoms with Crippen molar-refractivity contribution in [3.8, 4) is 0 Å². The summed E-state index contributed by atoms with van der Waals surface area (Å²) < 4.78 is 0. The van der Waals surface area contributed by atoms with Gasteiger partial charge in [0.05, 0.1) is 11.5 Å². The van der Waals surface area contributed by atoms with Crippen molar-refractivity contribution in [2.45, 2.75) is 69.9 Å². The van der Waals surface area contributed by atoms with Crippen LogP contribution in [-0.4, -0.2) is 65.2 Å². The minimum atomic E-state index is -0.253. The maximum absolute atomic E-state index is 13.3. The van der Waals surface area contributed by atoms with E-state index in [0.29, 0.717) is 24.3 Å². The number of nitrogens with zero attached hydrogens (tertiary/aromatic N) is 2. The lowest BCUT2D eigenvalue weighted by molar-refractivity contribution is -0.163. The summed E-state index contributed by atoms with van der Waals surface area (Å²) in [5.74, 6) is 1.47. The van der Waals surface area contributed by atoms with Crippen molar-refractivity contribution in [1.82, 2.24) is 15.1 Å². The van der Waals surface area contributed by atoms with Gasteiger partial charge in [0.25, 0.3) is 0 Å². The number of carbonyl (C=O) groups excluding carboxylic acids is 2. The third-order valence-corrected chi connectivity index (χ3v) is 8.11. The van der Waals surface area contributed by atoms with Gasteiger partial charge in [-0.15, -0.1) is 0 Å². The van der Waals surface area contributed by atoms with E-state index < -0.39 is 0 Å². The topological polar surface area (TPSA) is 72.9 Å². The van der Waals surface area contributed by atoms with Crippen LogP contribution in [-0.2, 0) is 4.79 Å². The SMILES string of the molecule is O=C(N1CCCC1)N1CCC[C@H](NC(=O)C23CC4CC(C2)C(O)[C@H](C4)C3)C1. The Kier molecular flexibility index (Phi) is 4.37. The molecule has 27 heavy (non-hydrogen) atoms. The molecule has 6 atom stereocenters. The fourth-order valence-electron chi connectivity index (χ4n) is 6.99. The van der Waals surface area contributed by atoms with Crippen LogP contribution in [0.1, 0.15) is 57.8 Å². The Morgan fingerprint density at radius 1 is 0.926 bits per heavy atom. The molecule has 6 heteroatoms. The van der Waals surface area contributed by atoms with Crippen LogP contribution in [0, 0.1) is 23.2 Å². The minimum absolute atomic E-state index is 0.0794. The molecule has 3 amide bonds. The van der Waals surface area contributed by atoms with Gasteiger partial charge >= 0.3 is 6.03 Å². The first-order valence-corrected chi connectivity index (χ1v) is 11.1. The number of hydrogen-bond acceptors (Lipinski definition) is 3. The lowest BCUT2D eigenvalue weighted by Gasteiger charge is -2.58. The number of likely N-dealkylation sites (tertiary alicyclic amines) is 2. The molecule has 0 aromatic heterocycles. The average Bonchev–Trinajstić information content (AvgIpc) is 3.19. The van der Waals surface area contributed by atoms with Crippen molar-refractivity contribution >= 4 is 11.9 Å². The second kappa shape index (κ2) is 6.64. The molecule has 6 fully saturated rings. The third kappa shape index (κ3) is 3.04. The predicted octanol–water partition coefficient (Wildman–Crippen LogP) is 1.97. The van der Waals surface area contributed by atoms with Gasteiger partial charge in [-0.1, -0.05) is 0 Å². The highest BCUT2D eigenvalue weighted by Crippen LogP contribution is 2.60. The molecule has 4 saturated carbocycles. The van der Waals surface area contributed by atoms with Crippen LogP contribution < -0.4 is 5.32 Å². The van der Waals surface area contributed by atoms with E-state index in [1.54, 1.807) is 0 Å². The molecule has 2 heterocycles. The Labute approximate surface area is 161 Å². The molecule has 6 aliphatic rings. The maximum atomic E-state index is 13.3. The van der Waals surface area contributed by atoms with Gasteiger partial charge in [0.1, 0.15) is 0 Å². The molecular weight excluding hydrogens is 342 g/mol. The highest BCUT2D eigenvalue weighted by molar-refractivity contribution is 5.83. The van der Waals surface area contributed by atoms with Crippen molar-refractivity contribution in [2.75, 3.05) is 26.2 Å². The number of amides is 3. The predicted molar refractivity (Wildman–Crippen MR) is 101 cm³/mol. The smallest absolute Gasteiger partial charge is 0.320 e. The van der Waals surface area contributed by atoms with Crippen LogP contribution in [0.5, 0.6) is 0 Å². The Balaban J connectivity index is 1.23. The Morgan fingerprint density at radius 3 is 2.30 bits per heavy atom. The number of aliphatic hydroxyl groups excluding tert-OH is 1. The van der Waals surface area contributed by atoms with E-state index in [4.69, 9.17) is 0 Å². The van der Waals surface area contributed by atoms with Crippen molar-refractivity contribution in [3.05, 3.63) is 0 Å². The molecule has 0 aromatic rings. The van der Waals surface area contributed by atoms with Crippen LogP contribution in [0.2, 0.25) is 0 Å². The summed E-state index contributed by atoms with van der Waals surface area (Å²) in [6, 6.07) is 0.236. The zero-order valence-electron chi connectivity index (χ0n) is 16.2. The highest BCUT2D eigenvalue weighted by atomic mass is 16.3. The molecular formula is C21H33N3O3. The summed E-state index contributed by atoms with van der Waals surface area (Å²) in [6.45, 7) is 3.21. The van der Waals surface area contributed by atoms with Crippen molar-refractivity contribution in [3.63, 3.8) is 0 Å². The molecule has 2 N–H and O–H groups in total. The second-order valence-corrected chi connectivity index (χ2v) is 9.98. The van der Waals surface area contributed by atoms with E-state index in [-0.39, 0.29) is 29.5 Å². The Hall–Kier alpha value is -1.30. The van der Waals surface area contributed by atoms with Gasteiger partial charge < -0.3 is 20.2 Å². The third-order valence-electron chi connectivity index (χ3n) is 8.11. The van der Waals surface area contributed by atoms with Gasteiger partial charge in [0, 0.05) is 32.2 Å². The summed E-state index contributed by atoms with van der Waals surface area (Å²) in [5.41, 5.74) is -0.253. The van der Waals surface area contributed by atoms with Crippen LogP contribution >= 0.6 is 0 Å². The van der Waals surface area contributed by atoms with Gasteiger partial charge in [0.2, 0.25) is 5.91 Å². The number of aliphatic hydroxyl groups is 1. The first-order valence-electron chi connectivity index (χ1n) is 11.1. The molecule has 4 unspecified atom stereocenters. The molecule has 2 aliphatic heterocycles. The minimum Gasteiger partial charge on any atom is -0.393 e. The quantitative estimate of drug-likeness (QED) is 0.775. The molecule has 6 rings (SSSR count). The van der Waals surface area contributed by atoms with Crippen LogP contribution in [0.15, 0.2) is 0 Å². The van der Waals surface area contributed by atoms with E-state index in [1.807, 2.05) is 9.80 Å². The van der Waals surface area contributed by atoms with Crippen LogP contribution in [0.25, 0.3) is 0 Å². The zero-order chi connectivity index (χ0) is 18.6. The number of carbonyl (C=O) groups is 2. The number of nitrogens with one attached hydrogen (secondary N) is 1. The summed E-state index contributed by atoms with van der Waals surface area (Å²) in [7, 11) is 0. The van der Waals surface area contributed by atoms with E-state index >= 15 is 0 Å². The summed E-state index contributed by atoms with van der Waals surface area (Å²) >= 11 is 0. The Morgan fingerprint density at radius 2 is 1.59 bits per heavy atom. The van der Waals surface area contributed by atoms with Gasteiger partial charge in [-0.05, 0) is 75.5 Å². The normalized spacial score (nSPS) is 43.2. The van der Waals surface area contributed by atoms with Crippen molar-refractivity contribution < 1.29 is 14.7 Å². The molecule has 150 valence electrons. The monoisotopic (exact) mass is 375 g/mol. The van der Waals surface area contributed by atoms with Gasteiger partial charge in [0.15, 0.2) is 0 Å². The number of piperidine rings is 1. The molecule has 0 radical (unpaired) electrons. The Bertz CT molecular complexity index is 602. The van der Waals surface area contributed by atoms with E-state index in [9.17, 15) is 14.7 Å². The largest absolute Gasteiger partial charge is 0.393 e. The lowest BCUT2D eigenvalue weighted by atomic mass is 9.48. The van der Waals surface area contributed by atoms with Crippen LogP contribution in [0.4, 0.5) is 4.79 Å². The molecule has 4 aliphatic carbocycles. The molecule has 2 saturated heterocycles. The van der Waals surface area contributed by atoms with Gasteiger partial charge in [-0.25, -0.2) is 4.79 Å². The first-order chi connectivity index (χ1) is 13.0. The zero-order valence-corrected chi connectivity index (χ0v) is 16.2. The summed E-state index contributed by atoms with van der Waals surface area (Å²) in [5, 5.41) is 13.8. The van der Waals surface area contributed by atoms with Crippen LogP contribution in [0.3, 0.4) is 0 Å². The van der Waals surface area contributed by atoms with Gasteiger partial charge in [-0.2, -0.15) is 0 Å². The van der Waals surface area contributed by atoms with Crippen molar-refractivity contribution in [2.24, 2.45) is 23.2 Å². The average molecular weight is 376 g/mol. The molecule has 4 bridgehead atoms. The van der Waals surface area contributed by atoms with Crippen molar-refractivity contribution in [1.29, 1.82) is 0 Å². The molecule has 0 spiro atoms. The second-order valence-electron chi connectivity index (χ2n) is 9.98. The lowest BCUT2D eigenvalue weighted by Crippen LogP contribution is -2.61. The fourth-order valence-corrected chi connectivity index (χ4v) is 6.99. The van der Waals surface area contributed by atoms with E-state index in [1.165, 1.54) is 0 Å². The standard InChI is InChI=1S/C21H33N3O3/c25-18-15-8-14-9-16(18)12-21(10-14,11-15)19(26)22-17-4-3-7-24(13-17)20(27)23-5-1-2-6-23/h14-18,25H,1-13H2,(H,22,26)/t14?,15-,16?,17+,18?,21?/m1/s1. The van der Waals surface area contributed by atoms with E-state index in [2.05, 4.69) is 5.32 Å². The maximum Gasteiger partial charge on any atom is 0.320 e. The summed E-state index contributed by atoms with van der Waals surface area (Å²) in [6.07, 6.45) is 8.88. The van der Waals surface area contributed by atoms with Gasteiger partial charge in [-0.3, -0.25) is 4.79 Å².